The minimum atomic E-state index is -0.210. The molecule has 0 spiro atoms. The average molecular weight is 605 g/mol. The molecule has 0 aliphatic carbocycles. The summed E-state index contributed by atoms with van der Waals surface area (Å²) in [6, 6.07) is 36.5. The Morgan fingerprint density at radius 2 is 0.848 bits per heavy atom. The van der Waals surface area contributed by atoms with Gasteiger partial charge in [0.2, 0.25) is 0 Å². The van der Waals surface area contributed by atoms with Crippen molar-refractivity contribution in [1.82, 2.24) is 0 Å². The van der Waals surface area contributed by atoms with Gasteiger partial charge in [0.25, 0.3) is 0 Å². The van der Waals surface area contributed by atoms with Crippen molar-refractivity contribution in [3.05, 3.63) is 131 Å². The fraction of sp³-hybridized carbons (Fsp3) is 0.190. The third-order valence-electron chi connectivity index (χ3n) is 8.50. The molecule has 6 aromatic rings. The van der Waals surface area contributed by atoms with E-state index in [9.17, 15) is 10.2 Å². The maximum atomic E-state index is 11.2. The second-order valence-electron chi connectivity index (χ2n) is 13.9. The van der Waals surface area contributed by atoms with E-state index < -0.39 is 0 Å². The highest BCUT2D eigenvalue weighted by Gasteiger charge is 2.21. The van der Waals surface area contributed by atoms with Gasteiger partial charge in [-0.2, -0.15) is 0 Å². The van der Waals surface area contributed by atoms with Crippen molar-refractivity contribution in [3.63, 3.8) is 0 Å². The molecule has 0 unspecified atom stereocenters. The molecule has 0 fully saturated rings. The van der Waals surface area contributed by atoms with Crippen molar-refractivity contribution in [2.24, 2.45) is 9.98 Å². The zero-order valence-corrected chi connectivity index (χ0v) is 27.3. The van der Waals surface area contributed by atoms with Crippen molar-refractivity contribution in [1.29, 1.82) is 0 Å². The minimum Gasteiger partial charge on any atom is -0.507 e. The van der Waals surface area contributed by atoms with E-state index in [1.165, 1.54) is 0 Å². The maximum absolute atomic E-state index is 11.2. The smallest absolute Gasteiger partial charge is 0.128 e. The molecule has 0 amide bonds. The molecule has 0 heterocycles. The summed E-state index contributed by atoms with van der Waals surface area (Å²) in [4.78, 5) is 10.1. The van der Waals surface area contributed by atoms with Crippen molar-refractivity contribution in [3.8, 4) is 22.6 Å². The second kappa shape index (κ2) is 11.9. The molecular formula is C42H40N2O2. The lowest BCUT2D eigenvalue weighted by molar-refractivity contribution is 0.445. The number of phenolic OH excluding ortho intramolecular Hbond substituents is 2. The Morgan fingerprint density at radius 3 is 1.24 bits per heavy atom. The predicted molar refractivity (Wildman–Crippen MR) is 195 cm³/mol. The van der Waals surface area contributed by atoms with Crippen molar-refractivity contribution in [2.75, 3.05) is 0 Å². The highest BCUT2D eigenvalue weighted by atomic mass is 16.3. The van der Waals surface area contributed by atoms with Crippen molar-refractivity contribution >= 4 is 45.3 Å². The predicted octanol–water partition coefficient (Wildman–Crippen LogP) is 11.2. The molecule has 6 rings (SSSR count). The number of para-hydroxylation sites is 2. The quantitative estimate of drug-likeness (QED) is 0.192. The van der Waals surface area contributed by atoms with Gasteiger partial charge in [-0.3, -0.25) is 9.98 Å². The molecule has 0 aliphatic heterocycles. The average Bonchev–Trinajstić information content (AvgIpc) is 3.02. The number of fused-ring (bicyclic) bond motifs is 2. The zero-order chi connectivity index (χ0) is 32.6. The van der Waals surface area contributed by atoms with Crippen LogP contribution in [0, 0.1) is 0 Å². The first-order valence-electron chi connectivity index (χ1n) is 15.7. The van der Waals surface area contributed by atoms with Crippen LogP contribution in [-0.4, -0.2) is 22.6 Å². The molecule has 0 aromatic heterocycles. The minimum absolute atomic E-state index is 0.210. The van der Waals surface area contributed by atoms with Crippen LogP contribution in [0.1, 0.15) is 63.8 Å². The van der Waals surface area contributed by atoms with Gasteiger partial charge >= 0.3 is 0 Å². The zero-order valence-electron chi connectivity index (χ0n) is 27.3. The molecule has 6 aromatic carbocycles. The number of aliphatic imine (C=N–C) groups is 2. The summed E-state index contributed by atoms with van der Waals surface area (Å²) < 4.78 is 0. The highest BCUT2D eigenvalue weighted by molar-refractivity contribution is 6.13. The fourth-order valence-electron chi connectivity index (χ4n) is 6.08. The Kier molecular flexibility index (Phi) is 7.99. The number of benzene rings is 6. The molecule has 0 saturated carbocycles. The molecule has 4 heteroatoms. The molecule has 0 bridgehead atoms. The summed E-state index contributed by atoms with van der Waals surface area (Å²) in [5, 5.41) is 26.7. The molecule has 4 nitrogen and oxygen atoms in total. The van der Waals surface area contributed by atoms with E-state index in [1.807, 2.05) is 72.8 Å². The first-order chi connectivity index (χ1) is 21.9. The van der Waals surface area contributed by atoms with Gasteiger partial charge in [0, 0.05) is 34.7 Å². The maximum Gasteiger partial charge on any atom is 0.128 e. The lowest BCUT2D eigenvalue weighted by Gasteiger charge is -2.21. The summed E-state index contributed by atoms with van der Waals surface area (Å²) in [7, 11) is 0. The van der Waals surface area contributed by atoms with Gasteiger partial charge in [0.05, 0.1) is 11.4 Å². The summed E-state index contributed by atoms with van der Waals surface area (Å²) >= 11 is 0. The number of nitrogens with zero attached hydrogens (tertiary/aromatic N) is 2. The van der Waals surface area contributed by atoms with E-state index >= 15 is 0 Å². The fourth-order valence-corrected chi connectivity index (χ4v) is 6.08. The highest BCUT2D eigenvalue weighted by Crippen LogP contribution is 2.46. The van der Waals surface area contributed by atoms with E-state index in [0.29, 0.717) is 11.1 Å². The summed E-state index contributed by atoms with van der Waals surface area (Å²) in [6.45, 7) is 12.5. The third-order valence-corrected chi connectivity index (χ3v) is 8.50. The van der Waals surface area contributed by atoms with Crippen LogP contribution in [0.3, 0.4) is 0 Å². The first kappa shape index (κ1) is 30.8. The Morgan fingerprint density at radius 1 is 0.457 bits per heavy atom. The molecule has 0 radical (unpaired) electrons. The standard InChI is InChI=1S/C42H40N2O2/c1-41(2,3)33-19-11-15-29(39(33)45)25-43-35-23-21-27-13-7-9-17-31(27)37(35)38-32-18-10-8-14-28(32)22-24-36(38)44-26-30-16-12-20-34(40(30)46)42(4,5)6/h7-26,45-46H,1-6H3. The SMILES string of the molecule is CC(C)(C)c1cccc(C=Nc2ccc3ccccc3c2-c2c(N=Cc3cccc(C(C)(C)C)c3O)ccc3ccccc23)c1O. The van der Waals surface area contributed by atoms with Gasteiger partial charge in [0.15, 0.2) is 0 Å². The van der Waals surface area contributed by atoms with Gasteiger partial charge in [-0.15, -0.1) is 0 Å². The van der Waals surface area contributed by atoms with Crippen LogP contribution in [0.25, 0.3) is 32.7 Å². The molecule has 46 heavy (non-hydrogen) atoms. The third kappa shape index (κ3) is 5.91. The van der Waals surface area contributed by atoms with E-state index in [-0.39, 0.29) is 22.3 Å². The van der Waals surface area contributed by atoms with Crippen LogP contribution in [0.2, 0.25) is 0 Å². The Hall–Kier alpha value is -5.22. The molecule has 0 aliphatic rings. The second-order valence-corrected chi connectivity index (χ2v) is 13.9. The van der Waals surface area contributed by atoms with Crippen molar-refractivity contribution < 1.29 is 10.2 Å². The van der Waals surface area contributed by atoms with Crippen LogP contribution in [-0.2, 0) is 10.8 Å². The summed E-state index contributed by atoms with van der Waals surface area (Å²) in [6.07, 6.45) is 3.50. The molecule has 0 saturated heterocycles. The summed E-state index contributed by atoms with van der Waals surface area (Å²) in [5.41, 5.74) is 6.11. The Bertz CT molecular complexity index is 1990. The number of hydrogen-bond acceptors (Lipinski definition) is 4. The van der Waals surface area contributed by atoms with Gasteiger partial charge in [-0.05, 0) is 67.8 Å². The van der Waals surface area contributed by atoms with E-state index in [2.05, 4.69) is 77.9 Å². The van der Waals surface area contributed by atoms with Crippen LogP contribution in [0.15, 0.2) is 119 Å². The van der Waals surface area contributed by atoms with Crippen LogP contribution >= 0.6 is 0 Å². The van der Waals surface area contributed by atoms with Gasteiger partial charge in [-0.25, -0.2) is 0 Å². The van der Waals surface area contributed by atoms with Gasteiger partial charge in [-0.1, -0.05) is 126 Å². The van der Waals surface area contributed by atoms with Crippen LogP contribution in [0.4, 0.5) is 11.4 Å². The number of phenols is 2. The van der Waals surface area contributed by atoms with Crippen molar-refractivity contribution in [2.45, 2.75) is 52.4 Å². The van der Waals surface area contributed by atoms with Crippen LogP contribution < -0.4 is 0 Å². The molecular weight excluding hydrogens is 564 g/mol. The number of aromatic hydroxyl groups is 2. The lowest BCUT2D eigenvalue weighted by Crippen LogP contribution is -2.11. The number of hydrogen-bond donors (Lipinski definition) is 2. The molecule has 2 N–H and O–H groups in total. The Labute approximate surface area is 271 Å². The monoisotopic (exact) mass is 604 g/mol. The first-order valence-corrected chi connectivity index (χ1v) is 15.7. The van der Waals surface area contributed by atoms with Gasteiger partial charge in [0.1, 0.15) is 11.5 Å². The van der Waals surface area contributed by atoms with Crippen LogP contribution in [0.5, 0.6) is 11.5 Å². The van der Waals surface area contributed by atoms with Gasteiger partial charge < -0.3 is 10.2 Å². The largest absolute Gasteiger partial charge is 0.507 e. The molecule has 0 atom stereocenters. The topological polar surface area (TPSA) is 65.2 Å². The van der Waals surface area contributed by atoms with E-state index in [1.54, 1.807) is 12.4 Å². The normalized spacial score (nSPS) is 12.6. The van der Waals surface area contributed by atoms with E-state index in [4.69, 9.17) is 9.98 Å². The molecule has 230 valence electrons. The lowest BCUT2D eigenvalue weighted by atomic mass is 9.85. The summed E-state index contributed by atoms with van der Waals surface area (Å²) in [5.74, 6) is 0.489. The van der Waals surface area contributed by atoms with E-state index in [0.717, 1.165) is 55.2 Å². The number of rotatable bonds is 5. The Balaban J connectivity index is 1.59.